The Morgan fingerprint density at radius 3 is 2.42 bits per heavy atom. The van der Waals surface area contributed by atoms with Crippen molar-refractivity contribution in [1.29, 1.82) is 0 Å². The smallest absolute Gasteiger partial charge is 0.130 e. The van der Waals surface area contributed by atoms with Gasteiger partial charge in [0.2, 0.25) is 0 Å². The molecule has 1 aromatic heterocycles. The fourth-order valence-corrected chi connectivity index (χ4v) is 2.73. The van der Waals surface area contributed by atoms with Crippen LogP contribution in [0.4, 0.5) is 0 Å². The van der Waals surface area contributed by atoms with E-state index in [0.717, 1.165) is 20.4 Å². The van der Waals surface area contributed by atoms with Crippen LogP contribution < -0.4 is 0 Å². The molecule has 1 unspecified atom stereocenters. The molecule has 5 heteroatoms. The van der Waals surface area contributed by atoms with E-state index in [0.29, 0.717) is 11.6 Å². The summed E-state index contributed by atoms with van der Waals surface area (Å²) >= 11 is 8.47. The van der Waals surface area contributed by atoms with Crippen molar-refractivity contribution in [3.05, 3.63) is 49.8 Å². The van der Waals surface area contributed by atoms with Gasteiger partial charge in [-0.3, -0.25) is 4.68 Å². The summed E-state index contributed by atoms with van der Waals surface area (Å²) in [6.07, 6.45) is 0.450. The molecule has 0 radical (unpaired) electrons. The largest absolute Gasteiger partial charge is 0.385 e. The third kappa shape index (κ3) is 3.12. The Hall–Kier alpha value is -0.590. The van der Waals surface area contributed by atoms with Crippen LogP contribution in [0.15, 0.2) is 24.3 Å². The average molecular weight is 391 g/mol. The van der Waals surface area contributed by atoms with Gasteiger partial charge in [-0.2, -0.15) is 5.10 Å². The van der Waals surface area contributed by atoms with Gasteiger partial charge in [0.1, 0.15) is 5.15 Å². The van der Waals surface area contributed by atoms with Crippen molar-refractivity contribution in [1.82, 2.24) is 9.78 Å². The van der Waals surface area contributed by atoms with Gasteiger partial charge in [0.15, 0.2) is 0 Å². The van der Waals surface area contributed by atoms with Crippen LogP contribution in [-0.2, 0) is 19.1 Å². The Morgan fingerprint density at radius 1 is 1.37 bits per heavy atom. The third-order valence-corrected chi connectivity index (χ3v) is 4.45. The second-order valence-corrected chi connectivity index (χ2v) is 6.54. The quantitative estimate of drug-likeness (QED) is 0.815. The average Bonchev–Trinajstić information content (AvgIpc) is 2.56. The van der Waals surface area contributed by atoms with E-state index in [4.69, 9.17) is 11.6 Å². The molecule has 0 bridgehead atoms. The van der Waals surface area contributed by atoms with E-state index in [1.54, 1.807) is 18.7 Å². The second kappa shape index (κ2) is 5.42. The van der Waals surface area contributed by atoms with E-state index in [1.165, 1.54) is 0 Å². The summed E-state index contributed by atoms with van der Waals surface area (Å²) in [6.45, 7) is 3.71. The maximum Gasteiger partial charge on any atom is 0.130 e. The highest BCUT2D eigenvalue weighted by atomic mass is 127. The number of rotatable bonds is 3. The van der Waals surface area contributed by atoms with Gasteiger partial charge in [0.25, 0.3) is 0 Å². The number of halogens is 2. The Labute approximate surface area is 131 Å². The fraction of sp³-hybridized carbons (Fsp3) is 0.357. The third-order valence-electron chi connectivity index (χ3n) is 3.26. The van der Waals surface area contributed by atoms with Crippen molar-refractivity contribution in [2.75, 3.05) is 0 Å². The first-order valence-corrected chi connectivity index (χ1v) is 7.43. The van der Waals surface area contributed by atoms with Crippen molar-refractivity contribution in [2.24, 2.45) is 7.05 Å². The summed E-state index contributed by atoms with van der Waals surface area (Å²) in [5.74, 6) is 0. The van der Waals surface area contributed by atoms with Crippen LogP contribution in [0.1, 0.15) is 23.7 Å². The van der Waals surface area contributed by atoms with Crippen LogP contribution in [0.25, 0.3) is 0 Å². The molecule has 2 aromatic rings. The molecule has 0 saturated heterocycles. The van der Waals surface area contributed by atoms with Crippen LogP contribution in [0.2, 0.25) is 5.15 Å². The number of aliphatic hydroxyl groups is 1. The molecule has 3 nitrogen and oxygen atoms in total. The number of hydrogen-bond donors (Lipinski definition) is 1. The monoisotopic (exact) mass is 390 g/mol. The van der Waals surface area contributed by atoms with Crippen molar-refractivity contribution in [3.63, 3.8) is 0 Å². The van der Waals surface area contributed by atoms with E-state index in [2.05, 4.69) is 27.7 Å². The first kappa shape index (κ1) is 14.8. The molecule has 102 valence electrons. The number of aryl methyl sites for hydroxylation is 2. The van der Waals surface area contributed by atoms with Crippen molar-refractivity contribution in [2.45, 2.75) is 25.9 Å². The molecule has 0 aliphatic carbocycles. The Morgan fingerprint density at radius 2 is 1.95 bits per heavy atom. The summed E-state index contributed by atoms with van der Waals surface area (Å²) < 4.78 is 2.78. The zero-order chi connectivity index (χ0) is 14.2. The molecule has 1 N–H and O–H groups in total. The fourth-order valence-electron chi connectivity index (χ4n) is 2.13. The summed E-state index contributed by atoms with van der Waals surface area (Å²) in [4.78, 5) is 0. The topological polar surface area (TPSA) is 38.0 Å². The number of nitrogens with zero attached hydrogens (tertiary/aromatic N) is 2. The van der Waals surface area contributed by atoms with Crippen LogP contribution in [0.5, 0.6) is 0 Å². The van der Waals surface area contributed by atoms with Gasteiger partial charge >= 0.3 is 0 Å². The van der Waals surface area contributed by atoms with Crippen molar-refractivity contribution in [3.8, 4) is 0 Å². The lowest BCUT2D eigenvalue weighted by atomic mass is 9.89. The molecular weight excluding hydrogens is 375 g/mol. The second-order valence-electron chi connectivity index (χ2n) is 4.94. The minimum atomic E-state index is -0.957. The molecule has 1 atom stereocenters. The highest BCUT2D eigenvalue weighted by molar-refractivity contribution is 14.1. The Balaban J connectivity index is 2.33. The van der Waals surface area contributed by atoms with E-state index in [1.807, 2.05) is 31.2 Å². The summed E-state index contributed by atoms with van der Waals surface area (Å²) in [6, 6.07) is 7.87. The van der Waals surface area contributed by atoms with Crippen molar-refractivity contribution < 1.29 is 5.11 Å². The predicted molar refractivity (Wildman–Crippen MR) is 85.4 cm³/mol. The van der Waals surface area contributed by atoms with Gasteiger partial charge in [0, 0.05) is 22.6 Å². The van der Waals surface area contributed by atoms with E-state index < -0.39 is 5.60 Å². The summed E-state index contributed by atoms with van der Waals surface area (Å²) in [5.41, 5.74) is 1.68. The maximum absolute atomic E-state index is 10.7. The zero-order valence-electron chi connectivity index (χ0n) is 11.1. The van der Waals surface area contributed by atoms with Gasteiger partial charge in [-0.25, -0.2) is 0 Å². The summed E-state index contributed by atoms with van der Waals surface area (Å²) in [5, 5.41) is 15.6. The lowest BCUT2D eigenvalue weighted by Crippen LogP contribution is -2.24. The molecule has 0 amide bonds. The van der Waals surface area contributed by atoms with Crippen LogP contribution in [-0.4, -0.2) is 14.9 Å². The minimum absolute atomic E-state index is 0.450. The van der Waals surface area contributed by atoms with E-state index in [9.17, 15) is 5.11 Å². The minimum Gasteiger partial charge on any atom is -0.385 e. The molecule has 2 rings (SSSR count). The van der Waals surface area contributed by atoms with E-state index >= 15 is 0 Å². The molecular formula is C14H16ClIN2O. The molecule has 0 aliphatic heterocycles. The highest BCUT2D eigenvalue weighted by Crippen LogP contribution is 2.30. The number of hydrogen-bond acceptors (Lipinski definition) is 2. The van der Waals surface area contributed by atoms with Gasteiger partial charge in [-0.15, -0.1) is 0 Å². The highest BCUT2D eigenvalue weighted by Gasteiger charge is 2.27. The zero-order valence-corrected chi connectivity index (χ0v) is 14.0. The maximum atomic E-state index is 10.7. The standard InChI is InChI=1S/C14H16ClIN2O/c1-9-12(13(15)18(3)17-9)8-14(2,19)10-4-6-11(16)7-5-10/h4-7,19H,8H2,1-3H3. The van der Waals surface area contributed by atoms with E-state index in [-0.39, 0.29) is 0 Å². The van der Waals surface area contributed by atoms with Gasteiger partial charge in [-0.1, -0.05) is 23.7 Å². The molecule has 1 heterocycles. The molecule has 0 fully saturated rings. The Bertz CT molecular complexity index is 590. The van der Waals surface area contributed by atoms with Gasteiger partial charge in [0.05, 0.1) is 11.3 Å². The molecule has 1 aromatic carbocycles. The first-order valence-electron chi connectivity index (χ1n) is 5.97. The van der Waals surface area contributed by atoms with Gasteiger partial charge < -0.3 is 5.11 Å². The molecule has 0 aliphatic rings. The summed E-state index contributed by atoms with van der Waals surface area (Å²) in [7, 11) is 1.80. The van der Waals surface area contributed by atoms with Gasteiger partial charge in [-0.05, 0) is 54.1 Å². The molecule has 0 spiro atoms. The first-order chi connectivity index (χ1) is 8.81. The van der Waals surface area contributed by atoms with Crippen molar-refractivity contribution >= 4 is 34.2 Å². The predicted octanol–water partition coefficient (Wildman–Crippen LogP) is 3.44. The van der Waals surface area contributed by atoms with Crippen LogP contribution in [0, 0.1) is 10.5 Å². The Kier molecular flexibility index (Phi) is 4.23. The lowest BCUT2D eigenvalue weighted by Gasteiger charge is -2.24. The number of aromatic nitrogens is 2. The van der Waals surface area contributed by atoms with Crippen LogP contribution in [0.3, 0.4) is 0 Å². The molecule has 0 saturated carbocycles. The lowest BCUT2D eigenvalue weighted by molar-refractivity contribution is 0.0574. The molecule has 19 heavy (non-hydrogen) atoms. The SMILES string of the molecule is Cc1nn(C)c(Cl)c1CC(C)(O)c1ccc(I)cc1. The van der Waals surface area contributed by atoms with Crippen LogP contribution >= 0.6 is 34.2 Å². The number of benzene rings is 1. The normalized spacial score (nSPS) is 14.4.